The van der Waals surface area contributed by atoms with Gasteiger partial charge in [0, 0.05) is 52.4 Å². The maximum absolute atomic E-state index is 4.76. The van der Waals surface area contributed by atoms with Gasteiger partial charge in [0.25, 0.3) is 0 Å². The Morgan fingerprint density at radius 2 is 1.26 bits per heavy atom. The lowest BCUT2D eigenvalue weighted by molar-refractivity contribution is 1.30. The van der Waals surface area contributed by atoms with Crippen LogP contribution in [0.5, 0.6) is 0 Å². The van der Waals surface area contributed by atoms with Gasteiger partial charge in [0.1, 0.15) is 0 Å². The van der Waals surface area contributed by atoms with E-state index in [1.807, 2.05) is 30.7 Å². The van der Waals surface area contributed by atoms with Gasteiger partial charge in [0.15, 0.2) is 0 Å². The number of nitrogens with one attached hydrogen (secondary N) is 1. The molecular weight excluding hydrogens is 416 g/mol. The number of hydrogen-bond donors (Lipinski definition) is 1. The van der Waals surface area contributed by atoms with Crippen LogP contribution in [-0.4, -0.2) is 21.5 Å². The summed E-state index contributed by atoms with van der Waals surface area (Å²) in [6.45, 7) is 0.777. The van der Waals surface area contributed by atoms with E-state index in [1.165, 1.54) is 16.7 Å². The lowest BCUT2D eigenvalue weighted by atomic mass is 9.95. The summed E-state index contributed by atoms with van der Waals surface area (Å²) in [6.07, 6.45) is 7.89. The number of nitrogens with zero attached hydrogens (tertiary/aromatic N) is 3. The second kappa shape index (κ2) is 7.49. The molecule has 0 radical (unpaired) electrons. The van der Waals surface area contributed by atoms with E-state index in [4.69, 9.17) is 4.98 Å². The maximum Gasteiger partial charge on any atom is 0.0964 e. The molecule has 0 aliphatic carbocycles. The summed E-state index contributed by atoms with van der Waals surface area (Å²) in [7, 11) is 0. The van der Waals surface area contributed by atoms with Crippen LogP contribution < -0.4 is 5.32 Å². The molecule has 0 unspecified atom stereocenters. The van der Waals surface area contributed by atoms with Gasteiger partial charge in [0.05, 0.1) is 22.2 Å². The summed E-state index contributed by atoms with van der Waals surface area (Å²) in [4.78, 5) is 13.9. The van der Waals surface area contributed by atoms with Crippen LogP contribution in [0.3, 0.4) is 0 Å². The van der Waals surface area contributed by atoms with Crippen molar-refractivity contribution in [3.8, 4) is 11.1 Å². The highest BCUT2D eigenvalue weighted by Gasteiger charge is 2.15. The first-order valence-electron chi connectivity index (χ1n) is 11.4. The SMILES string of the molecule is C1=C(c2ccc(-c3cnc4c(ccc5cccnc54)c3)cc2)CNc2c1ccc1cccnc21. The number of rotatable bonds is 2. The Labute approximate surface area is 196 Å². The van der Waals surface area contributed by atoms with Gasteiger partial charge in [-0.3, -0.25) is 15.0 Å². The van der Waals surface area contributed by atoms with Crippen molar-refractivity contribution < 1.29 is 0 Å². The highest BCUT2D eigenvalue weighted by Crippen LogP contribution is 2.34. The zero-order valence-electron chi connectivity index (χ0n) is 18.4. The number of aromatic nitrogens is 3. The fraction of sp³-hybridized carbons (Fsp3) is 0.0333. The lowest BCUT2D eigenvalue weighted by Gasteiger charge is -2.20. The van der Waals surface area contributed by atoms with Gasteiger partial charge < -0.3 is 5.32 Å². The molecule has 0 saturated heterocycles. The van der Waals surface area contributed by atoms with Crippen molar-refractivity contribution in [1.82, 2.24) is 15.0 Å². The first kappa shape index (κ1) is 18.9. The second-order valence-electron chi connectivity index (χ2n) is 8.64. The molecule has 3 aromatic carbocycles. The van der Waals surface area contributed by atoms with Crippen molar-refractivity contribution in [2.75, 3.05) is 11.9 Å². The Morgan fingerprint density at radius 3 is 2.12 bits per heavy atom. The van der Waals surface area contributed by atoms with E-state index in [9.17, 15) is 0 Å². The predicted molar refractivity (Wildman–Crippen MR) is 141 cm³/mol. The molecule has 0 spiro atoms. The normalized spacial score (nSPS) is 13.0. The molecule has 3 aromatic heterocycles. The summed E-state index contributed by atoms with van der Waals surface area (Å²) in [6, 6.07) is 27.6. The zero-order valence-corrected chi connectivity index (χ0v) is 18.4. The van der Waals surface area contributed by atoms with Crippen molar-refractivity contribution in [1.29, 1.82) is 0 Å². The number of hydrogen-bond acceptors (Lipinski definition) is 4. The summed E-state index contributed by atoms with van der Waals surface area (Å²) in [5.41, 5.74) is 9.94. The van der Waals surface area contributed by atoms with Crippen LogP contribution in [0.25, 0.3) is 55.5 Å². The number of anilines is 1. The first-order chi connectivity index (χ1) is 16.8. The molecule has 7 rings (SSSR count). The third-order valence-electron chi connectivity index (χ3n) is 6.60. The molecule has 0 saturated carbocycles. The van der Waals surface area contributed by atoms with E-state index in [1.54, 1.807) is 0 Å². The molecular formula is C30H20N4. The molecule has 0 amide bonds. The summed E-state index contributed by atoms with van der Waals surface area (Å²) < 4.78 is 0. The lowest BCUT2D eigenvalue weighted by Crippen LogP contribution is -2.10. The fourth-order valence-electron chi connectivity index (χ4n) is 4.85. The Kier molecular flexibility index (Phi) is 4.18. The van der Waals surface area contributed by atoms with Gasteiger partial charge in [-0.1, -0.05) is 60.7 Å². The Bertz CT molecular complexity index is 1750. The molecule has 0 atom stereocenters. The van der Waals surface area contributed by atoms with Crippen LogP contribution in [0, 0.1) is 0 Å². The number of pyridine rings is 3. The van der Waals surface area contributed by atoms with Crippen LogP contribution in [0.2, 0.25) is 0 Å². The van der Waals surface area contributed by atoms with Gasteiger partial charge >= 0.3 is 0 Å². The van der Waals surface area contributed by atoms with Gasteiger partial charge in [-0.2, -0.15) is 0 Å². The second-order valence-corrected chi connectivity index (χ2v) is 8.64. The zero-order chi connectivity index (χ0) is 22.5. The van der Waals surface area contributed by atoms with E-state index in [-0.39, 0.29) is 0 Å². The number of fused-ring (bicyclic) bond motifs is 6. The van der Waals surface area contributed by atoms with Gasteiger partial charge in [-0.25, -0.2) is 0 Å². The molecule has 160 valence electrons. The average Bonchev–Trinajstić information content (AvgIpc) is 2.92. The van der Waals surface area contributed by atoms with Crippen molar-refractivity contribution in [2.24, 2.45) is 0 Å². The van der Waals surface area contributed by atoms with E-state index >= 15 is 0 Å². The van der Waals surface area contributed by atoms with Crippen molar-refractivity contribution >= 4 is 50.0 Å². The topological polar surface area (TPSA) is 50.7 Å². The first-order valence-corrected chi connectivity index (χ1v) is 11.4. The third kappa shape index (κ3) is 3.04. The smallest absolute Gasteiger partial charge is 0.0964 e. The predicted octanol–water partition coefficient (Wildman–Crippen LogP) is 6.96. The van der Waals surface area contributed by atoms with E-state index in [2.05, 4.69) is 88.1 Å². The fourth-order valence-corrected chi connectivity index (χ4v) is 4.85. The van der Waals surface area contributed by atoms with Gasteiger partial charge in [0.2, 0.25) is 0 Å². The minimum Gasteiger partial charge on any atom is -0.379 e. The van der Waals surface area contributed by atoms with E-state index in [0.717, 1.165) is 56.1 Å². The van der Waals surface area contributed by atoms with Crippen LogP contribution in [0.15, 0.2) is 97.5 Å². The summed E-state index contributed by atoms with van der Waals surface area (Å²) >= 11 is 0. The van der Waals surface area contributed by atoms with E-state index in [0.29, 0.717) is 0 Å². The minimum atomic E-state index is 0.777. The highest BCUT2D eigenvalue weighted by molar-refractivity contribution is 6.04. The molecule has 6 aromatic rings. The molecule has 34 heavy (non-hydrogen) atoms. The molecule has 0 fully saturated rings. The van der Waals surface area contributed by atoms with Crippen molar-refractivity contribution in [2.45, 2.75) is 0 Å². The number of benzene rings is 3. The maximum atomic E-state index is 4.76. The Balaban J connectivity index is 1.23. The quantitative estimate of drug-likeness (QED) is 0.298. The van der Waals surface area contributed by atoms with Crippen LogP contribution in [0.4, 0.5) is 5.69 Å². The summed E-state index contributed by atoms with van der Waals surface area (Å²) in [5, 5.41) is 6.96. The van der Waals surface area contributed by atoms with Gasteiger partial charge in [-0.15, -0.1) is 0 Å². The van der Waals surface area contributed by atoms with Crippen LogP contribution in [-0.2, 0) is 0 Å². The molecule has 4 nitrogen and oxygen atoms in total. The van der Waals surface area contributed by atoms with Crippen molar-refractivity contribution in [3.05, 3.63) is 109 Å². The standard InChI is InChI=1S/C30H20N4/c1-3-21-9-11-23-15-25(17-33-29(23)27(21)31-13-1)19-5-7-20(8-6-19)26-16-24-12-10-22-4-2-14-32-28(22)30(24)34-18-26/h1-17,34H,18H2. The largest absolute Gasteiger partial charge is 0.379 e. The molecule has 4 heteroatoms. The molecule has 1 aliphatic rings. The average molecular weight is 437 g/mol. The Morgan fingerprint density at radius 1 is 0.588 bits per heavy atom. The molecule has 0 bridgehead atoms. The molecule has 4 heterocycles. The van der Waals surface area contributed by atoms with Gasteiger partial charge in [-0.05, 0) is 41.0 Å². The van der Waals surface area contributed by atoms with Crippen LogP contribution in [0.1, 0.15) is 11.1 Å². The molecule has 1 aliphatic heterocycles. The third-order valence-corrected chi connectivity index (χ3v) is 6.60. The monoisotopic (exact) mass is 436 g/mol. The van der Waals surface area contributed by atoms with E-state index < -0.39 is 0 Å². The molecule has 1 N–H and O–H groups in total. The Hall–Kier alpha value is -4.57. The highest BCUT2D eigenvalue weighted by atomic mass is 14.9. The van der Waals surface area contributed by atoms with Crippen molar-refractivity contribution in [3.63, 3.8) is 0 Å². The van der Waals surface area contributed by atoms with Crippen LogP contribution >= 0.6 is 0 Å². The minimum absolute atomic E-state index is 0.777. The summed E-state index contributed by atoms with van der Waals surface area (Å²) in [5.74, 6) is 0.